The molecule has 1 unspecified atom stereocenters. The van der Waals surface area contributed by atoms with E-state index in [4.69, 9.17) is 9.94 Å². The van der Waals surface area contributed by atoms with Crippen LogP contribution in [0.15, 0.2) is 24.4 Å². The molecule has 0 spiro atoms. The maximum Gasteiger partial charge on any atom is 0.264 e. The SMILES string of the molecule is CC(CCn1ncc2cc(C#CC#CC3(O)COC3)ccc21)(C(=O)NO)S(C)(=O)=O. The highest BCUT2D eigenvalue weighted by Crippen LogP contribution is 2.24. The minimum atomic E-state index is -3.78. The van der Waals surface area contributed by atoms with Crippen LogP contribution in [0, 0.1) is 23.7 Å². The van der Waals surface area contributed by atoms with E-state index in [2.05, 4.69) is 28.8 Å². The highest BCUT2D eigenvalue weighted by molar-refractivity contribution is 7.92. The molecule has 0 radical (unpaired) electrons. The number of hydroxylamine groups is 1. The fourth-order valence-electron chi connectivity index (χ4n) is 2.87. The molecule has 1 aliphatic rings. The summed E-state index contributed by atoms with van der Waals surface area (Å²) in [5, 5.41) is 23.8. The van der Waals surface area contributed by atoms with Gasteiger partial charge in [-0.1, -0.05) is 5.92 Å². The van der Waals surface area contributed by atoms with E-state index in [1.165, 1.54) is 12.4 Å². The van der Waals surface area contributed by atoms with Gasteiger partial charge >= 0.3 is 0 Å². The predicted molar refractivity (Wildman–Crippen MR) is 108 cm³/mol. The summed E-state index contributed by atoms with van der Waals surface area (Å²) >= 11 is 0. The fourth-order valence-corrected chi connectivity index (χ4v) is 3.71. The highest BCUT2D eigenvalue weighted by Gasteiger charge is 2.43. The first-order valence-electron chi connectivity index (χ1n) is 9.01. The second kappa shape index (κ2) is 8.09. The third-order valence-corrected chi connectivity index (χ3v) is 7.12. The van der Waals surface area contributed by atoms with Gasteiger partial charge in [-0.25, -0.2) is 13.9 Å². The predicted octanol–water partition coefficient (Wildman–Crippen LogP) is -0.149. The van der Waals surface area contributed by atoms with Gasteiger partial charge in [0.1, 0.15) is 0 Å². The number of aryl methyl sites for hydroxylation is 1. The zero-order valence-electron chi connectivity index (χ0n) is 16.5. The molecule has 1 aromatic carbocycles. The molecule has 1 saturated heterocycles. The molecule has 3 rings (SSSR count). The molecular formula is C20H21N3O6S. The van der Waals surface area contributed by atoms with E-state index >= 15 is 0 Å². The number of ether oxygens (including phenoxy) is 1. The van der Waals surface area contributed by atoms with E-state index in [1.807, 2.05) is 6.07 Å². The normalized spacial score (nSPS) is 16.9. The van der Waals surface area contributed by atoms with Gasteiger partial charge in [0.05, 0.1) is 24.9 Å². The zero-order valence-corrected chi connectivity index (χ0v) is 17.3. The van der Waals surface area contributed by atoms with Crippen molar-refractivity contribution in [3.8, 4) is 23.7 Å². The van der Waals surface area contributed by atoms with Gasteiger partial charge < -0.3 is 9.84 Å². The topological polar surface area (TPSA) is 131 Å². The van der Waals surface area contributed by atoms with Crippen molar-refractivity contribution in [2.45, 2.75) is 30.2 Å². The Hall–Kier alpha value is -2.89. The molecule has 0 saturated carbocycles. The fraction of sp³-hybridized carbons (Fsp3) is 0.400. The van der Waals surface area contributed by atoms with E-state index in [1.54, 1.807) is 23.0 Å². The van der Waals surface area contributed by atoms with Gasteiger partial charge in [0.2, 0.25) is 0 Å². The number of benzene rings is 1. The number of aliphatic hydroxyl groups is 1. The van der Waals surface area contributed by atoms with Crippen molar-refractivity contribution in [1.82, 2.24) is 15.3 Å². The second-order valence-electron chi connectivity index (χ2n) is 7.36. The summed E-state index contributed by atoms with van der Waals surface area (Å²) in [6.07, 6.45) is 2.50. The van der Waals surface area contributed by atoms with Crippen LogP contribution in [0.1, 0.15) is 18.9 Å². The summed E-state index contributed by atoms with van der Waals surface area (Å²) in [5.74, 6) is 9.87. The number of aromatic nitrogens is 2. The summed E-state index contributed by atoms with van der Waals surface area (Å²) in [4.78, 5) is 11.9. The number of carbonyl (C=O) groups excluding carboxylic acids is 1. The number of carbonyl (C=O) groups is 1. The summed E-state index contributed by atoms with van der Waals surface area (Å²) in [7, 11) is -3.78. The summed E-state index contributed by atoms with van der Waals surface area (Å²) in [6, 6.07) is 5.37. The number of sulfone groups is 1. The largest absolute Gasteiger partial charge is 0.373 e. The highest BCUT2D eigenvalue weighted by atomic mass is 32.2. The van der Waals surface area contributed by atoms with Crippen LogP contribution >= 0.6 is 0 Å². The summed E-state index contributed by atoms with van der Waals surface area (Å²) < 4.78 is 28.9. The Balaban J connectivity index is 1.77. The van der Waals surface area contributed by atoms with E-state index in [0.29, 0.717) is 5.56 Å². The Labute approximate surface area is 173 Å². The first kappa shape index (κ1) is 21.8. The van der Waals surface area contributed by atoms with Crippen LogP contribution in [0.25, 0.3) is 10.9 Å². The maximum absolute atomic E-state index is 12.1. The molecule has 1 aliphatic heterocycles. The minimum Gasteiger partial charge on any atom is -0.373 e. The smallest absolute Gasteiger partial charge is 0.264 e. The Bertz CT molecular complexity index is 1210. The molecule has 30 heavy (non-hydrogen) atoms. The van der Waals surface area contributed by atoms with Gasteiger partial charge in [-0.2, -0.15) is 5.10 Å². The van der Waals surface area contributed by atoms with E-state index in [-0.39, 0.29) is 26.2 Å². The Morgan fingerprint density at radius 2 is 2.13 bits per heavy atom. The van der Waals surface area contributed by atoms with Crippen molar-refractivity contribution in [3.63, 3.8) is 0 Å². The van der Waals surface area contributed by atoms with Crippen molar-refractivity contribution in [2.24, 2.45) is 0 Å². The monoisotopic (exact) mass is 431 g/mol. The first-order chi connectivity index (χ1) is 14.1. The van der Waals surface area contributed by atoms with Crippen LogP contribution in [0.2, 0.25) is 0 Å². The van der Waals surface area contributed by atoms with Crippen molar-refractivity contribution in [2.75, 3.05) is 19.5 Å². The molecule has 1 aromatic heterocycles. The minimum absolute atomic E-state index is 0.0707. The lowest BCUT2D eigenvalue weighted by Crippen LogP contribution is -2.49. The molecular weight excluding hydrogens is 410 g/mol. The van der Waals surface area contributed by atoms with E-state index in [9.17, 15) is 18.3 Å². The zero-order chi connectivity index (χ0) is 22.0. The lowest BCUT2D eigenvalue weighted by molar-refractivity contribution is -0.140. The molecule has 1 atom stereocenters. The van der Waals surface area contributed by atoms with Gasteiger partial charge in [0.15, 0.2) is 20.2 Å². The second-order valence-corrected chi connectivity index (χ2v) is 9.81. The first-order valence-corrected chi connectivity index (χ1v) is 10.9. The molecule has 0 bridgehead atoms. The third-order valence-electron chi connectivity index (χ3n) is 5.09. The number of nitrogens with one attached hydrogen (secondary N) is 1. The maximum atomic E-state index is 12.1. The lowest BCUT2D eigenvalue weighted by atomic mass is 10.0. The number of amides is 1. The molecule has 2 heterocycles. The molecule has 1 fully saturated rings. The standard InChI is InChI=1S/C20H21N3O6S/c1-19(18(24)22-26,30(2,27)28)9-10-23-17-7-6-15(11-16(17)12-21-23)5-3-4-8-20(25)13-29-14-20/h6-7,11-12,25-26H,9-10,13-14H2,1-2H3,(H,22,24). The van der Waals surface area contributed by atoms with Crippen LogP contribution in [-0.4, -0.2) is 64.2 Å². The number of rotatable bonds is 5. The Morgan fingerprint density at radius 3 is 2.73 bits per heavy atom. The van der Waals surface area contributed by atoms with Crippen LogP contribution < -0.4 is 5.48 Å². The molecule has 9 nitrogen and oxygen atoms in total. The van der Waals surface area contributed by atoms with Gasteiger partial charge in [0.25, 0.3) is 5.91 Å². The van der Waals surface area contributed by atoms with Crippen LogP contribution in [-0.2, 0) is 25.9 Å². The van der Waals surface area contributed by atoms with Crippen LogP contribution in [0.5, 0.6) is 0 Å². The summed E-state index contributed by atoms with van der Waals surface area (Å²) in [5.41, 5.74) is 1.77. The van der Waals surface area contributed by atoms with Gasteiger partial charge in [-0.15, -0.1) is 0 Å². The number of nitrogens with zero attached hydrogens (tertiary/aromatic N) is 2. The lowest BCUT2D eigenvalue weighted by Gasteiger charge is -2.30. The van der Waals surface area contributed by atoms with Crippen molar-refractivity contribution >= 4 is 26.6 Å². The van der Waals surface area contributed by atoms with E-state index in [0.717, 1.165) is 17.2 Å². The molecule has 1 amide bonds. The Kier molecular flexibility index (Phi) is 5.88. The molecule has 3 N–H and O–H groups in total. The average molecular weight is 431 g/mol. The average Bonchev–Trinajstić information content (AvgIpc) is 3.08. The molecule has 10 heteroatoms. The molecule has 0 aliphatic carbocycles. The molecule has 2 aromatic rings. The quantitative estimate of drug-likeness (QED) is 0.341. The summed E-state index contributed by atoms with van der Waals surface area (Å²) in [6.45, 7) is 1.79. The van der Waals surface area contributed by atoms with Gasteiger partial charge in [-0.05, 0) is 49.3 Å². The number of hydrogen-bond acceptors (Lipinski definition) is 7. The van der Waals surface area contributed by atoms with Gasteiger partial charge in [-0.3, -0.25) is 14.7 Å². The number of hydrogen-bond donors (Lipinski definition) is 3. The van der Waals surface area contributed by atoms with E-state index < -0.39 is 26.1 Å². The van der Waals surface area contributed by atoms with Crippen molar-refractivity contribution < 1.29 is 28.3 Å². The Morgan fingerprint density at radius 1 is 1.40 bits per heavy atom. The van der Waals surface area contributed by atoms with Gasteiger partial charge in [0, 0.05) is 23.8 Å². The number of fused-ring (bicyclic) bond motifs is 1. The van der Waals surface area contributed by atoms with Crippen LogP contribution in [0.3, 0.4) is 0 Å². The van der Waals surface area contributed by atoms with Crippen LogP contribution in [0.4, 0.5) is 0 Å². The molecule has 158 valence electrons. The third kappa shape index (κ3) is 4.32. The van der Waals surface area contributed by atoms with Crippen molar-refractivity contribution in [3.05, 3.63) is 30.0 Å². The van der Waals surface area contributed by atoms with Crippen molar-refractivity contribution in [1.29, 1.82) is 0 Å².